The average molecular weight is 356 g/mol. The van der Waals surface area contributed by atoms with Crippen molar-refractivity contribution in [3.05, 3.63) is 48.4 Å². The van der Waals surface area contributed by atoms with E-state index in [0.717, 1.165) is 5.01 Å². The highest BCUT2D eigenvalue weighted by Gasteiger charge is 2.34. The van der Waals surface area contributed by atoms with Crippen LogP contribution in [0.1, 0.15) is 12.7 Å². The molecule has 3 rings (SSSR count). The molecule has 0 atom stereocenters. The number of esters is 1. The van der Waals surface area contributed by atoms with Crippen LogP contribution in [-0.2, 0) is 9.59 Å². The molecule has 0 N–H and O–H groups in total. The van der Waals surface area contributed by atoms with E-state index in [4.69, 9.17) is 9.15 Å². The lowest BCUT2D eigenvalue weighted by Gasteiger charge is -2.28. The van der Waals surface area contributed by atoms with E-state index in [-0.39, 0.29) is 24.5 Å². The van der Waals surface area contributed by atoms with Crippen LogP contribution in [0.4, 0.5) is 10.5 Å². The second-order valence-corrected chi connectivity index (χ2v) is 5.30. The summed E-state index contributed by atoms with van der Waals surface area (Å²) in [4.78, 5) is 35.5. The van der Waals surface area contributed by atoms with Crippen molar-refractivity contribution in [1.82, 2.24) is 10.0 Å². The lowest BCUT2D eigenvalue weighted by molar-refractivity contribution is -0.131. The first-order valence-corrected chi connectivity index (χ1v) is 7.78. The molecule has 134 valence electrons. The summed E-state index contributed by atoms with van der Waals surface area (Å²) >= 11 is 0. The van der Waals surface area contributed by atoms with Gasteiger partial charge in [0.05, 0.1) is 25.6 Å². The van der Waals surface area contributed by atoms with Gasteiger partial charge in [0.15, 0.2) is 5.75 Å². The van der Waals surface area contributed by atoms with E-state index < -0.39 is 12.0 Å². The molecular weight excluding hydrogens is 340 g/mol. The molecule has 9 nitrogen and oxygen atoms in total. The summed E-state index contributed by atoms with van der Waals surface area (Å²) in [5, 5.41) is 7.61. The SMILES string of the molecule is CC(=O)Oc1ccccc1N(C=O)N1CCN(N=Cc2ccco2)C1=O. The van der Waals surface area contributed by atoms with Crippen LogP contribution in [0, 0.1) is 0 Å². The monoisotopic (exact) mass is 356 g/mol. The maximum Gasteiger partial charge on any atom is 0.359 e. The Morgan fingerprint density at radius 2 is 2.08 bits per heavy atom. The van der Waals surface area contributed by atoms with Crippen LogP contribution in [0.5, 0.6) is 5.75 Å². The zero-order valence-corrected chi connectivity index (χ0v) is 13.9. The predicted octanol–water partition coefficient (Wildman–Crippen LogP) is 1.85. The number of benzene rings is 1. The molecule has 1 aromatic carbocycles. The largest absolute Gasteiger partial charge is 0.463 e. The normalized spacial score (nSPS) is 14.1. The van der Waals surface area contributed by atoms with Gasteiger partial charge in [-0.3, -0.25) is 9.59 Å². The Bertz CT molecular complexity index is 833. The Hall–Kier alpha value is -3.62. The minimum Gasteiger partial charge on any atom is -0.463 e. The summed E-state index contributed by atoms with van der Waals surface area (Å²) in [6, 6.07) is 9.38. The highest BCUT2D eigenvalue weighted by Crippen LogP contribution is 2.30. The number of anilines is 1. The molecule has 26 heavy (non-hydrogen) atoms. The second-order valence-electron chi connectivity index (χ2n) is 5.30. The van der Waals surface area contributed by atoms with Gasteiger partial charge >= 0.3 is 12.0 Å². The zero-order chi connectivity index (χ0) is 18.5. The van der Waals surface area contributed by atoms with Gasteiger partial charge < -0.3 is 9.15 Å². The summed E-state index contributed by atoms with van der Waals surface area (Å²) in [6.07, 6.45) is 3.40. The van der Waals surface area contributed by atoms with Crippen molar-refractivity contribution < 1.29 is 23.5 Å². The van der Waals surface area contributed by atoms with E-state index in [1.165, 1.54) is 29.4 Å². The number of amides is 3. The number of ether oxygens (including phenoxy) is 1. The van der Waals surface area contributed by atoms with Crippen LogP contribution in [-0.4, -0.2) is 47.7 Å². The number of urea groups is 1. The average Bonchev–Trinajstić information content (AvgIpc) is 3.26. The maximum atomic E-state index is 12.6. The van der Waals surface area contributed by atoms with Crippen LogP contribution in [0.3, 0.4) is 0 Å². The van der Waals surface area contributed by atoms with Crippen molar-refractivity contribution in [1.29, 1.82) is 0 Å². The predicted molar refractivity (Wildman–Crippen MR) is 91.4 cm³/mol. The Morgan fingerprint density at radius 1 is 1.27 bits per heavy atom. The molecule has 1 aliphatic rings. The Balaban J connectivity index is 1.80. The fourth-order valence-electron chi connectivity index (χ4n) is 2.44. The summed E-state index contributed by atoms with van der Waals surface area (Å²) in [7, 11) is 0. The van der Waals surface area contributed by atoms with Crippen LogP contribution in [0.15, 0.2) is 52.2 Å². The molecule has 0 saturated carbocycles. The Labute approximate surface area is 149 Å². The number of para-hydroxylation sites is 2. The van der Waals surface area contributed by atoms with E-state index in [1.54, 1.807) is 36.4 Å². The third kappa shape index (κ3) is 3.56. The molecule has 0 spiro atoms. The van der Waals surface area contributed by atoms with Gasteiger partial charge in [-0.15, -0.1) is 0 Å². The molecule has 2 heterocycles. The number of furan rings is 1. The van der Waals surface area contributed by atoms with Crippen molar-refractivity contribution in [3.8, 4) is 5.75 Å². The Morgan fingerprint density at radius 3 is 2.77 bits per heavy atom. The van der Waals surface area contributed by atoms with Crippen molar-refractivity contribution in [2.45, 2.75) is 6.92 Å². The van der Waals surface area contributed by atoms with Crippen LogP contribution >= 0.6 is 0 Å². The van der Waals surface area contributed by atoms with Gasteiger partial charge in [-0.05, 0) is 24.3 Å². The lowest BCUT2D eigenvalue weighted by atomic mass is 10.3. The molecule has 0 radical (unpaired) electrons. The molecule has 1 saturated heterocycles. The summed E-state index contributed by atoms with van der Waals surface area (Å²) in [5.41, 5.74) is 0.280. The van der Waals surface area contributed by atoms with Gasteiger partial charge in [-0.1, -0.05) is 12.1 Å². The lowest BCUT2D eigenvalue weighted by Crippen LogP contribution is -2.44. The number of nitrogens with zero attached hydrogens (tertiary/aromatic N) is 4. The molecule has 0 aliphatic carbocycles. The molecule has 3 amide bonds. The second kappa shape index (κ2) is 7.51. The minimum atomic E-state index is -0.527. The van der Waals surface area contributed by atoms with Gasteiger partial charge in [-0.25, -0.2) is 19.8 Å². The smallest absolute Gasteiger partial charge is 0.359 e. The van der Waals surface area contributed by atoms with Crippen LogP contribution in [0.25, 0.3) is 0 Å². The van der Waals surface area contributed by atoms with Crippen molar-refractivity contribution >= 4 is 30.3 Å². The van der Waals surface area contributed by atoms with Crippen molar-refractivity contribution in [2.75, 3.05) is 18.1 Å². The molecule has 0 bridgehead atoms. The topological polar surface area (TPSA) is 95.7 Å². The molecule has 9 heteroatoms. The van der Waals surface area contributed by atoms with Gasteiger partial charge in [0.1, 0.15) is 11.4 Å². The Kier molecular flexibility index (Phi) is 4.97. The first kappa shape index (κ1) is 17.2. The number of hydrazone groups is 1. The first-order chi connectivity index (χ1) is 12.6. The molecule has 1 aliphatic heterocycles. The van der Waals surface area contributed by atoms with Crippen LogP contribution < -0.4 is 9.75 Å². The third-order valence-electron chi connectivity index (χ3n) is 3.56. The van der Waals surface area contributed by atoms with Gasteiger partial charge in [0.25, 0.3) is 0 Å². The minimum absolute atomic E-state index is 0.178. The first-order valence-electron chi connectivity index (χ1n) is 7.78. The standard InChI is InChI=1S/C17H16N4O5/c1-13(23)26-16-7-3-2-6-15(16)21(12-22)20-9-8-19(17(20)24)18-11-14-5-4-10-25-14/h2-7,10-12H,8-9H2,1H3. The third-order valence-corrected chi connectivity index (χ3v) is 3.56. The summed E-state index contributed by atoms with van der Waals surface area (Å²) in [5.74, 6) is 0.154. The van der Waals surface area contributed by atoms with Crippen molar-refractivity contribution in [3.63, 3.8) is 0 Å². The van der Waals surface area contributed by atoms with E-state index in [9.17, 15) is 14.4 Å². The van der Waals surface area contributed by atoms with Crippen molar-refractivity contribution in [2.24, 2.45) is 5.10 Å². The summed E-state index contributed by atoms with van der Waals surface area (Å²) < 4.78 is 10.2. The fraction of sp³-hybridized carbons (Fsp3) is 0.176. The molecule has 1 aromatic heterocycles. The fourth-order valence-corrected chi connectivity index (χ4v) is 2.44. The number of carbonyl (C=O) groups excluding carboxylic acids is 3. The number of hydrogen-bond acceptors (Lipinski definition) is 6. The number of hydrazine groups is 1. The number of hydrogen-bond donors (Lipinski definition) is 0. The van der Waals surface area contributed by atoms with E-state index >= 15 is 0 Å². The van der Waals surface area contributed by atoms with E-state index in [1.807, 2.05) is 0 Å². The molecule has 2 aromatic rings. The van der Waals surface area contributed by atoms with E-state index in [0.29, 0.717) is 12.2 Å². The number of rotatable bonds is 6. The van der Waals surface area contributed by atoms with E-state index in [2.05, 4.69) is 5.10 Å². The molecule has 1 fully saturated rings. The van der Waals surface area contributed by atoms with Gasteiger partial charge in [-0.2, -0.15) is 5.10 Å². The zero-order valence-electron chi connectivity index (χ0n) is 13.9. The highest BCUT2D eigenvalue weighted by molar-refractivity contribution is 5.88. The van der Waals surface area contributed by atoms with Crippen LogP contribution in [0.2, 0.25) is 0 Å². The molecule has 0 unspecified atom stereocenters. The summed E-state index contributed by atoms with van der Waals surface area (Å²) in [6.45, 7) is 1.78. The highest BCUT2D eigenvalue weighted by atomic mass is 16.5. The van der Waals surface area contributed by atoms with Gasteiger partial charge in [0, 0.05) is 6.92 Å². The quantitative estimate of drug-likeness (QED) is 0.341. The van der Waals surface area contributed by atoms with Gasteiger partial charge in [0.2, 0.25) is 6.41 Å². The molecular formula is C17H16N4O5. The number of carbonyl (C=O) groups is 3. The maximum absolute atomic E-state index is 12.6.